The van der Waals surface area contributed by atoms with E-state index >= 15 is 0 Å². The van der Waals surface area contributed by atoms with Crippen molar-refractivity contribution in [3.63, 3.8) is 0 Å². The average Bonchev–Trinajstić information content (AvgIpc) is 3.16. The zero-order chi connectivity index (χ0) is 24.0. The van der Waals surface area contributed by atoms with E-state index in [0.29, 0.717) is 11.3 Å². The van der Waals surface area contributed by atoms with Crippen LogP contribution >= 0.6 is 0 Å². The molecular formula is C27H29N3O3S. The molecule has 0 spiro atoms. The summed E-state index contributed by atoms with van der Waals surface area (Å²) in [5.74, 6) is 0.107. The van der Waals surface area contributed by atoms with Crippen LogP contribution in [0.3, 0.4) is 0 Å². The molecule has 3 aromatic rings. The molecule has 3 aromatic carbocycles. The molecule has 34 heavy (non-hydrogen) atoms. The van der Waals surface area contributed by atoms with E-state index in [-0.39, 0.29) is 22.8 Å². The van der Waals surface area contributed by atoms with Crippen molar-refractivity contribution in [3.05, 3.63) is 89.5 Å². The van der Waals surface area contributed by atoms with Gasteiger partial charge in [-0.2, -0.15) is 0 Å². The third-order valence-corrected chi connectivity index (χ3v) is 8.81. The van der Waals surface area contributed by atoms with E-state index in [2.05, 4.69) is 24.9 Å². The highest BCUT2D eigenvalue weighted by Gasteiger charge is 2.44. The number of hydrogen-bond donors (Lipinski definition) is 0. The minimum Gasteiger partial charge on any atom is -0.306 e. The third-order valence-electron chi connectivity index (χ3n) is 7.03. The van der Waals surface area contributed by atoms with Crippen LogP contribution in [0.5, 0.6) is 0 Å². The maximum Gasteiger partial charge on any atom is 0.264 e. The Morgan fingerprint density at radius 2 is 1.76 bits per heavy atom. The van der Waals surface area contributed by atoms with Crippen LogP contribution in [-0.2, 0) is 10.0 Å². The van der Waals surface area contributed by atoms with E-state index in [1.54, 1.807) is 42.5 Å². The molecule has 0 N–H and O–H groups in total. The number of amides is 1. The van der Waals surface area contributed by atoms with Gasteiger partial charge in [0.15, 0.2) is 0 Å². The van der Waals surface area contributed by atoms with Crippen molar-refractivity contribution in [2.24, 2.45) is 0 Å². The fourth-order valence-corrected chi connectivity index (χ4v) is 6.45. The molecule has 2 aliphatic heterocycles. The molecule has 2 aliphatic rings. The quantitative estimate of drug-likeness (QED) is 0.566. The van der Waals surface area contributed by atoms with Gasteiger partial charge in [-0.3, -0.25) is 9.10 Å². The van der Waals surface area contributed by atoms with Gasteiger partial charge < -0.3 is 9.80 Å². The molecule has 0 aromatic heterocycles. The van der Waals surface area contributed by atoms with Crippen molar-refractivity contribution < 1.29 is 13.2 Å². The van der Waals surface area contributed by atoms with Crippen molar-refractivity contribution in [1.29, 1.82) is 0 Å². The van der Waals surface area contributed by atoms with E-state index in [1.807, 2.05) is 23.1 Å². The number of sulfonamides is 1. The van der Waals surface area contributed by atoms with Crippen molar-refractivity contribution >= 4 is 27.3 Å². The first-order valence-corrected chi connectivity index (χ1v) is 13.0. The van der Waals surface area contributed by atoms with E-state index in [0.717, 1.165) is 25.2 Å². The summed E-state index contributed by atoms with van der Waals surface area (Å²) in [7, 11) is -0.165. The number of carbonyl (C=O) groups is 1. The molecule has 7 heteroatoms. The Balaban J connectivity index is 1.51. The number of piperidine rings is 1. The monoisotopic (exact) mass is 475 g/mol. The lowest BCUT2D eigenvalue weighted by Crippen LogP contribution is -2.47. The number of likely N-dealkylation sites (N-methyl/N-ethyl adjacent to an activating group) is 1. The Morgan fingerprint density at radius 1 is 1.00 bits per heavy atom. The number of hydrogen-bond acceptors (Lipinski definition) is 4. The maximum atomic E-state index is 13.9. The van der Waals surface area contributed by atoms with Crippen LogP contribution in [0.4, 0.5) is 11.4 Å². The van der Waals surface area contributed by atoms with E-state index in [1.165, 1.54) is 28.5 Å². The number of anilines is 2. The Labute approximate surface area is 201 Å². The second-order valence-corrected chi connectivity index (χ2v) is 11.3. The molecule has 1 fully saturated rings. The fourth-order valence-electron chi connectivity index (χ4n) is 5.21. The average molecular weight is 476 g/mol. The molecule has 0 aliphatic carbocycles. The minimum atomic E-state index is -3.81. The van der Waals surface area contributed by atoms with Crippen molar-refractivity contribution in [1.82, 2.24) is 4.90 Å². The van der Waals surface area contributed by atoms with Gasteiger partial charge in [0.2, 0.25) is 0 Å². The van der Waals surface area contributed by atoms with Gasteiger partial charge >= 0.3 is 0 Å². The minimum absolute atomic E-state index is 0.0766. The highest BCUT2D eigenvalue weighted by molar-refractivity contribution is 7.92. The molecule has 176 valence electrons. The normalized spacial score (nSPS) is 20.0. The summed E-state index contributed by atoms with van der Waals surface area (Å²) in [5, 5.41) is 0. The van der Waals surface area contributed by atoms with Crippen LogP contribution in [-0.4, -0.2) is 52.5 Å². The summed E-state index contributed by atoms with van der Waals surface area (Å²) in [6, 6.07) is 21.7. The number of rotatable bonds is 4. The van der Waals surface area contributed by atoms with E-state index < -0.39 is 10.0 Å². The predicted molar refractivity (Wildman–Crippen MR) is 135 cm³/mol. The van der Waals surface area contributed by atoms with E-state index in [9.17, 15) is 13.2 Å². The standard InChI is InChI=1S/C27H29N3O3S/c1-19-12-13-25-23(16-19)24-18-28(2)15-14-26(24)30(25)27(31)20-8-7-11-22(17-20)34(32,33)29(3)21-9-5-4-6-10-21/h4-13,16-17,24,26H,14-15,18H2,1-3H3/t24-,26+/m0/s1. The Hall–Kier alpha value is -3.16. The predicted octanol–water partition coefficient (Wildman–Crippen LogP) is 4.27. The van der Waals surface area contributed by atoms with Gasteiger partial charge in [-0.05, 0) is 68.9 Å². The molecule has 5 rings (SSSR count). The molecule has 0 saturated carbocycles. The van der Waals surface area contributed by atoms with Crippen molar-refractivity contribution in [2.75, 3.05) is 36.4 Å². The van der Waals surface area contributed by atoms with Gasteiger partial charge in [-0.25, -0.2) is 8.42 Å². The molecular weight excluding hydrogens is 446 g/mol. The zero-order valence-corrected chi connectivity index (χ0v) is 20.5. The Kier molecular flexibility index (Phi) is 5.70. The van der Waals surface area contributed by atoms with Gasteiger partial charge in [-0.15, -0.1) is 0 Å². The number of nitrogens with zero attached hydrogens (tertiary/aromatic N) is 3. The second kappa shape index (κ2) is 8.56. The van der Waals surface area contributed by atoms with Gasteiger partial charge in [0.05, 0.1) is 10.6 Å². The van der Waals surface area contributed by atoms with Gasteiger partial charge in [0, 0.05) is 36.8 Å². The van der Waals surface area contributed by atoms with Crippen molar-refractivity contribution in [3.8, 4) is 0 Å². The van der Waals surface area contributed by atoms with Crippen LogP contribution < -0.4 is 9.21 Å². The summed E-state index contributed by atoms with van der Waals surface area (Å²) in [5.41, 5.74) is 4.27. The molecule has 2 heterocycles. The molecule has 0 unspecified atom stereocenters. The Morgan fingerprint density at radius 3 is 2.53 bits per heavy atom. The number of carbonyl (C=O) groups excluding carboxylic acids is 1. The second-order valence-electron chi connectivity index (χ2n) is 9.30. The SMILES string of the molecule is Cc1ccc2c(c1)[C@@H]1CN(C)CC[C@H]1N2C(=O)c1cccc(S(=O)(=O)N(C)c2ccccc2)c1. The molecule has 1 saturated heterocycles. The van der Waals surface area contributed by atoms with Gasteiger partial charge in [0.1, 0.15) is 0 Å². The summed E-state index contributed by atoms with van der Waals surface area (Å²) in [4.78, 5) is 18.2. The first-order chi connectivity index (χ1) is 16.3. The summed E-state index contributed by atoms with van der Waals surface area (Å²) >= 11 is 0. The van der Waals surface area contributed by atoms with E-state index in [4.69, 9.17) is 0 Å². The highest BCUT2D eigenvalue weighted by atomic mass is 32.2. The number of para-hydroxylation sites is 1. The van der Waals surface area contributed by atoms with Crippen LogP contribution in [0.1, 0.15) is 33.8 Å². The first-order valence-electron chi connectivity index (χ1n) is 11.5. The third kappa shape index (κ3) is 3.79. The lowest BCUT2D eigenvalue weighted by molar-refractivity contribution is 0.0964. The van der Waals surface area contributed by atoms with Gasteiger partial charge in [0.25, 0.3) is 15.9 Å². The number of likely N-dealkylation sites (tertiary alicyclic amines) is 1. The zero-order valence-electron chi connectivity index (χ0n) is 19.7. The summed E-state index contributed by atoms with van der Waals surface area (Å²) in [6.45, 7) is 3.90. The molecule has 1 amide bonds. The topological polar surface area (TPSA) is 60.9 Å². The van der Waals surface area contributed by atoms with Crippen LogP contribution in [0.15, 0.2) is 77.7 Å². The maximum absolute atomic E-state index is 13.9. The number of aryl methyl sites for hydroxylation is 1. The Bertz CT molecular complexity index is 1340. The van der Waals surface area contributed by atoms with Crippen LogP contribution in [0, 0.1) is 6.92 Å². The molecule has 0 bridgehead atoms. The van der Waals surface area contributed by atoms with Gasteiger partial charge in [-0.1, -0.05) is 42.0 Å². The molecule has 0 radical (unpaired) electrons. The summed E-state index contributed by atoms with van der Waals surface area (Å²) in [6.07, 6.45) is 0.884. The first kappa shape index (κ1) is 22.6. The number of fused-ring (bicyclic) bond motifs is 3. The highest BCUT2D eigenvalue weighted by Crippen LogP contribution is 2.45. The van der Waals surface area contributed by atoms with Crippen LogP contribution in [0.25, 0.3) is 0 Å². The van der Waals surface area contributed by atoms with Crippen LogP contribution in [0.2, 0.25) is 0 Å². The number of benzene rings is 3. The lowest BCUT2D eigenvalue weighted by atomic mass is 9.88. The lowest BCUT2D eigenvalue weighted by Gasteiger charge is -2.36. The molecule has 2 atom stereocenters. The fraction of sp³-hybridized carbons (Fsp3) is 0.296. The summed E-state index contributed by atoms with van der Waals surface area (Å²) < 4.78 is 27.9. The van der Waals surface area contributed by atoms with Crippen molar-refractivity contribution in [2.45, 2.75) is 30.2 Å². The largest absolute Gasteiger partial charge is 0.306 e. The molecule has 6 nitrogen and oxygen atoms in total. The smallest absolute Gasteiger partial charge is 0.264 e.